The van der Waals surface area contributed by atoms with Gasteiger partial charge < -0.3 is 16.8 Å². The molecule has 7 heteroatoms. The van der Waals surface area contributed by atoms with Crippen LogP contribution in [-0.2, 0) is 4.79 Å². The van der Waals surface area contributed by atoms with E-state index < -0.39 is 0 Å². The predicted molar refractivity (Wildman–Crippen MR) is 57.2 cm³/mol. The molecule has 7 nitrogen and oxygen atoms in total. The molecule has 1 aromatic rings. The van der Waals surface area contributed by atoms with E-state index in [1.807, 2.05) is 0 Å². The quantitative estimate of drug-likeness (QED) is 0.555. The molecule has 1 aromatic heterocycles. The molecule has 0 bridgehead atoms. The molecule has 16 heavy (non-hydrogen) atoms. The van der Waals surface area contributed by atoms with Gasteiger partial charge in [0.15, 0.2) is 5.69 Å². The van der Waals surface area contributed by atoms with E-state index in [0.29, 0.717) is 13.0 Å². The zero-order valence-electron chi connectivity index (χ0n) is 8.64. The topological polar surface area (TPSA) is 124 Å². The van der Waals surface area contributed by atoms with Gasteiger partial charge in [0, 0.05) is 13.0 Å². The third-order valence-corrected chi connectivity index (χ3v) is 1.80. The summed E-state index contributed by atoms with van der Waals surface area (Å²) in [5.74, 6) is -0.483. The summed E-state index contributed by atoms with van der Waals surface area (Å²) in [7, 11) is 0. The van der Waals surface area contributed by atoms with Crippen molar-refractivity contribution in [1.29, 1.82) is 0 Å². The lowest BCUT2D eigenvalue weighted by Crippen LogP contribution is -2.26. The highest BCUT2D eigenvalue weighted by Crippen LogP contribution is 1.97. The van der Waals surface area contributed by atoms with Crippen LogP contribution in [0.5, 0.6) is 0 Å². The number of nitrogen functional groups attached to an aromatic ring is 1. The van der Waals surface area contributed by atoms with Crippen LogP contribution in [0.15, 0.2) is 12.1 Å². The first-order valence-corrected chi connectivity index (χ1v) is 4.75. The van der Waals surface area contributed by atoms with E-state index in [9.17, 15) is 9.59 Å². The lowest BCUT2D eigenvalue weighted by Gasteiger charge is -2.02. The average molecular weight is 223 g/mol. The number of carbonyl (C=O) groups is 2. The normalized spacial score (nSPS) is 9.75. The molecular weight excluding hydrogens is 210 g/mol. The summed E-state index contributed by atoms with van der Waals surface area (Å²) in [5.41, 5.74) is 10.5. The van der Waals surface area contributed by atoms with Crippen LogP contribution in [0, 0.1) is 0 Å². The number of hydrogen-bond donors (Lipinski definition) is 3. The van der Waals surface area contributed by atoms with E-state index in [0.717, 1.165) is 0 Å². The summed E-state index contributed by atoms with van der Waals surface area (Å²) in [6, 6.07) is 2.97. The Labute approximate surface area is 92.2 Å². The van der Waals surface area contributed by atoms with Crippen molar-refractivity contribution in [3.05, 3.63) is 17.8 Å². The number of rotatable bonds is 5. The van der Waals surface area contributed by atoms with Gasteiger partial charge in [-0.3, -0.25) is 9.59 Å². The van der Waals surface area contributed by atoms with Gasteiger partial charge >= 0.3 is 0 Å². The molecule has 5 N–H and O–H groups in total. The van der Waals surface area contributed by atoms with E-state index in [1.165, 1.54) is 12.1 Å². The molecular formula is C9H13N5O2. The van der Waals surface area contributed by atoms with Crippen LogP contribution in [0.1, 0.15) is 23.3 Å². The van der Waals surface area contributed by atoms with Crippen molar-refractivity contribution in [3.8, 4) is 0 Å². The molecule has 0 fully saturated rings. The molecule has 0 saturated carbocycles. The van der Waals surface area contributed by atoms with Crippen LogP contribution in [0.2, 0.25) is 0 Å². The number of aromatic nitrogens is 2. The molecule has 2 amide bonds. The molecule has 0 aromatic carbocycles. The number of amides is 2. The molecule has 1 heterocycles. The summed E-state index contributed by atoms with van der Waals surface area (Å²) in [6.45, 7) is 0.369. The monoisotopic (exact) mass is 223 g/mol. The standard InChI is InChI=1S/C9H13N5O2/c10-7-4-3-6(13-14-7)9(16)12-5-1-2-8(11)15/h3-4H,1-2,5H2,(H2,10,14)(H2,11,15)(H,12,16). The summed E-state index contributed by atoms with van der Waals surface area (Å²) in [5, 5.41) is 9.75. The summed E-state index contributed by atoms with van der Waals surface area (Å²) in [4.78, 5) is 21.9. The average Bonchev–Trinajstić information content (AvgIpc) is 2.25. The molecule has 0 unspecified atom stereocenters. The number of primary amides is 1. The fourth-order valence-electron chi connectivity index (χ4n) is 1.02. The van der Waals surface area contributed by atoms with Crippen molar-refractivity contribution < 1.29 is 9.59 Å². The highest BCUT2D eigenvalue weighted by Gasteiger charge is 2.06. The number of anilines is 1. The highest BCUT2D eigenvalue weighted by atomic mass is 16.2. The van der Waals surface area contributed by atoms with Gasteiger partial charge in [0.2, 0.25) is 5.91 Å². The zero-order chi connectivity index (χ0) is 12.0. The van der Waals surface area contributed by atoms with Gasteiger partial charge in [-0.15, -0.1) is 10.2 Å². The third kappa shape index (κ3) is 3.91. The van der Waals surface area contributed by atoms with Crippen LogP contribution < -0.4 is 16.8 Å². The highest BCUT2D eigenvalue weighted by molar-refractivity contribution is 5.92. The van der Waals surface area contributed by atoms with E-state index in [1.54, 1.807) is 0 Å². The molecule has 0 aliphatic heterocycles. The zero-order valence-corrected chi connectivity index (χ0v) is 8.64. The minimum absolute atomic E-state index is 0.188. The Hall–Kier alpha value is -2.18. The van der Waals surface area contributed by atoms with Crippen molar-refractivity contribution >= 4 is 17.6 Å². The van der Waals surface area contributed by atoms with Gasteiger partial charge in [-0.05, 0) is 18.6 Å². The minimum Gasteiger partial charge on any atom is -0.382 e. The Bertz CT molecular complexity index is 376. The molecule has 0 saturated heterocycles. The first-order chi connectivity index (χ1) is 7.59. The Kier molecular flexibility index (Phi) is 4.19. The number of carbonyl (C=O) groups excluding carboxylic acids is 2. The maximum absolute atomic E-state index is 11.4. The third-order valence-electron chi connectivity index (χ3n) is 1.80. The second kappa shape index (κ2) is 5.64. The fraction of sp³-hybridized carbons (Fsp3) is 0.333. The van der Waals surface area contributed by atoms with Crippen LogP contribution in [0.3, 0.4) is 0 Å². The second-order valence-electron chi connectivity index (χ2n) is 3.17. The van der Waals surface area contributed by atoms with E-state index in [4.69, 9.17) is 11.5 Å². The SMILES string of the molecule is NC(=O)CCCNC(=O)c1ccc(N)nn1. The Balaban J connectivity index is 2.35. The van der Waals surface area contributed by atoms with Crippen LogP contribution in [0.4, 0.5) is 5.82 Å². The van der Waals surface area contributed by atoms with Gasteiger partial charge in [0.25, 0.3) is 5.91 Å². The van der Waals surface area contributed by atoms with E-state index in [-0.39, 0.29) is 29.7 Å². The van der Waals surface area contributed by atoms with Crippen molar-refractivity contribution in [2.45, 2.75) is 12.8 Å². The number of nitrogens with two attached hydrogens (primary N) is 2. The maximum Gasteiger partial charge on any atom is 0.271 e. The number of hydrogen-bond acceptors (Lipinski definition) is 5. The summed E-state index contributed by atoms with van der Waals surface area (Å²) in [6.07, 6.45) is 0.747. The largest absolute Gasteiger partial charge is 0.382 e. The fourth-order valence-corrected chi connectivity index (χ4v) is 1.02. The van der Waals surface area contributed by atoms with Gasteiger partial charge in [-0.25, -0.2) is 0 Å². The van der Waals surface area contributed by atoms with Crippen LogP contribution in [0.25, 0.3) is 0 Å². The molecule has 0 aliphatic rings. The van der Waals surface area contributed by atoms with Crippen molar-refractivity contribution in [2.24, 2.45) is 5.73 Å². The predicted octanol–water partition coefficient (Wildman–Crippen LogP) is -0.946. The molecule has 0 aliphatic carbocycles. The molecule has 0 spiro atoms. The Morgan fingerprint density at radius 3 is 2.62 bits per heavy atom. The van der Waals surface area contributed by atoms with Crippen molar-refractivity contribution in [3.63, 3.8) is 0 Å². The van der Waals surface area contributed by atoms with Crippen molar-refractivity contribution in [2.75, 3.05) is 12.3 Å². The number of nitrogens with one attached hydrogen (secondary N) is 1. The Morgan fingerprint density at radius 2 is 2.06 bits per heavy atom. The lowest BCUT2D eigenvalue weighted by molar-refractivity contribution is -0.118. The molecule has 0 radical (unpaired) electrons. The second-order valence-corrected chi connectivity index (χ2v) is 3.17. The van der Waals surface area contributed by atoms with E-state index >= 15 is 0 Å². The minimum atomic E-state index is -0.387. The smallest absolute Gasteiger partial charge is 0.271 e. The first kappa shape index (κ1) is 11.9. The summed E-state index contributed by atoms with van der Waals surface area (Å²) >= 11 is 0. The first-order valence-electron chi connectivity index (χ1n) is 4.75. The maximum atomic E-state index is 11.4. The van der Waals surface area contributed by atoms with Crippen LogP contribution >= 0.6 is 0 Å². The van der Waals surface area contributed by atoms with Crippen molar-refractivity contribution in [1.82, 2.24) is 15.5 Å². The van der Waals surface area contributed by atoms with Gasteiger partial charge in [-0.2, -0.15) is 0 Å². The molecule has 1 rings (SSSR count). The van der Waals surface area contributed by atoms with Crippen LogP contribution in [-0.4, -0.2) is 28.6 Å². The number of nitrogens with zero attached hydrogens (tertiary/aromatic N) is 2. The lowest BCUT2D eigenvalue weighted by atomic mass is 10.3. The Morgan fingerprint density at radius 1 is 1.31 bits per heavy atom. The molecule has 0 atom stereocenters. The van der Waals surface area contributed by atoms with Gasteiger partial charge in [0.1, 0.15) is 5.82 Å². The molecule has 86 valence electrons. The van der Waals surface area contributed by atoms with E-state index in [2.05, 4.69) is 15.5 Å². The summed E-state index contributed by atoms with van der Waals surface area (Å²) < 4.78 is 0. The van der Waals surface area contributed by atoms with Gasteiger partial charge in [-0.1, -0.05) is 0 Å². The van der Waals surface area contributed by atoms with Gasteiger partial charge in [0.05, 0.1) is 0 Å².